The summed E-state index contributed by atoms with van der Waals surface area (Å²) >= 11 is 6.54. The molecule has 0 aliphatic carbocycles. The molecule has 1 aromatic heterocycles. The second-order valence-electron chi connectivity index (χ2n) is 7.92. The second-order valence-corrected chi connectivity index (χ2v) is 10.1. The highest BCUT2D eigenvalue weighted by Crippen LogP contribution is 2.34. The molecule has 1 amide bonds. The van der Waals surface area contributed by atoms with E-state index < -0.39 is 10.0 Å². The smallest absolute Gasteiger partial charge is 0.256 e. The highest BCUT2D eigenvalue weighted by Gasteiger charge is 2.26. The van der Waals surface area contributed by atoms with Gasteiger partial charge in [0.15, 0.2) is 0 Å². The van der Waals surface area contributed by atoms with Crippen LogP contribution in [0.2, 0.25) is 5.02 Å². The molecular formula is C24H21ClN4O3S. The zero-order chi connectivity index (χ0) is 23.0. The van der Waals surface area contributed by atoms with Gasteiger partial charge in [-0.25, -0.2) is 8.42 Å². The van der Waals surface area contributed by atoms with E-state index in [1.807, 2.05) is 54.7 Å². The number of rotatable bonds is 5. The molecule has 0 saturated heterocycles. The van der Waals surface area contributed by atoms with Crippen LogP contribution in [0.1, 0.15) is 17.0 Å². The quantitative estimate of drug-likeness (QED) is 0.583. The van der Waals surface area contributed by atoms with E-state index in [0.29, 0.717) is 23.0 Å². The van der Waals surface area contributed by atoms with Crippen molar-refractivity contribution < 1.29 is 13.2 Å². The van der Waals surface area contributed by atoms with Gasteiger partial charge in [-0.2, -0.15) is 0 Å². The van der Waals surface area contributed by atoms with Crippen LogP contribution < -0.4 is 5.32 Å². The van der Waals surface area contributed by atoms with Crippen LogP contribution in [0.3, 0.4) is 0 Å². The predicted octanol–water partition coefficient (Wildman–Crippen LogP) is 3.57. The van der Waals surface area contributed by atoms with Crippen molar-refractivity contribution in [2.24, 2.45) is 4.40 Å². The molecule has 2 aliphatic rings. The summed E-state index contributed by atoms with van der Waals surface area (Å²) in [5.74, 6) is -0.171. The van der Waals surface area contributed by atoms with Crippen molar-refractivity contribution in [2.45, 2.75) is 5.92 Å². The Hall–Kier alpha value is -3.36. The molecule has 3 aromatic rings. The Bertz CT molecular complexity index is 1440. The number of carbonyl (C=O) groups excluding carboxylic acids is 1. The molecule has 0 spiro atoms. The molecule has 9 heteroatoms. The van der Waals surface area contributed by atoms with Gasteiger partial charge in [-0.3, -0.25) is 4.79 Å². The first-order valence-electron chi connectivity index (χ1n) is 10.5. The molecule has 2 aromatic carbocycles. The van der Waals surface area contributed by atoms with Crippen molar-refractivity contribution >= 4 is 44.3 Å². The zero-order valence-corrected chi connectivity index (χ0v) is 19.1. The number of H-pyrrole nitrogens is 1. The van der Waals surface area contributed by atoms with E-state index in [0.717, 1.165) is 22.0 Å². The Morgan fingerprint density at radius 1 is 1.12 bits per heavy atom. The van der Waals surface area contributed by atoms with Crippen molar-refractivity contribution in [3.63, 3.8) is 0 Å². The first-order chi connectivity index (χ1) is 15.9. The molecule has 168 valence electrons. The molecule has 0 radical (unpaired) electrons. The van der Waals surface area contributed by atoms with Crippen molar-refractivity contribution in [1.82, 2.24) is 15.2 Å². The summed E-state index contributed by atoms with van der Waals surface area (Å²) in [6.07, 6.45) is 6.74. The monoisotopic (exact) mass is 480 g/mol. The number of nitrogens with zero attached hydrogens (tertiary/aromatic N) is 2. The Balaban J connectivity index is 1.41. The number of halogens is 1. The number of hydrogen-bond donors (Lipinski definition) is 2. The lowest BCUT2D eigenvalue weighted by Crippen LogP contribution is -2.38. The molecule has 2 aliphatic heterocycles. The van der Waals surface area contributed by atoms with Gasteiger partial charge in [-0.15, -0.1) is 4.40 Å². The highest BCUT2D eigenvalue weighted by molar-refractivity contribution is 7.90. The van der Waals surface area contributed by atoms with Gasteiger partial charge in [0.1, 0.15) is 5.84 Å². The Morgan fingerprint density at radius 2 is 1.91 bits per heavy atom. The summed E-state index contributed by atoms with van der Waals surface area (Å²) in [5, 5.41) is 4.73. The molecule has 1 unspecified atom stereocenters. The first kappa shape index (κ1) is 21.5. The zero-order valence-electron chi connectivity index (χ0n) is 17.5. The number of benzene rings is 2. The van der Waals surface area contributed by atoms with Crippen LogP contribution in [0.5, 0.6) is 0 Å². The number of fused-ring (bicyclic) bond motifs is 2. The number of amidine groups is 1. The minimum Gasteiger partial charge on any atom is -0.361 e. The van der Waals surface area contributed by atoms with E-state index in [1.54, 1.807) is 23.3 Å². The third-order valence-electron chi connectivity index (χ3n) is 5.83. The van der Waals surface area contributed by atoms with Gasteiger partial charge in [-0.1, -0.05) is 48.0 Å². The van der Waals surface area contributed by atoms with Gasteiger partial charge in [0, 0.05) is 47.3 Å². The van der Waals surface area contributed by atoms with E-state index in [-0.39, 0.29) is 24.1 Å². The topological polar surface area (TPSA) is 94.6 Å². The van der Waals surface area contributed by atoms with Gasteiger partial charge in [-0.05, 0) is 35.4 Å². The van der Waals surface area contributed by atoms with Crippen LogP contribution in [0, 0.1) is 0 Å². The van der Waals surface area contributed by atoms with E-state index in [1.165, 1.54) is 0 Å². The van der Waals surface area contributed by atoms with Crippen molar-refractivity contribution in [3.05, 3.63) is 94.8 Å². The fourth-order valence-corrected chi connectivity index (χ4v) is 5.40. The minimum absolute atomic E-state index is 0.0785. The Kier molecular flexibility index (Phi) is 5.55. The molecule has 7 nitrogen and oxygen atoms in total. The lowest BCUT2D eigenvalue weighted by atomic mass is 9.90. The summed E-state index contributed by atoms with van der Waals surface area (Å²) in [7, 11) is -3.44. The number of aromatic nitrogens is 1. The number of aromatic amines is 1. The number of para-hydroxylation sites is 1. The summed E-state index contributed by atoms with van der Waals surface area (Å²) < 4.78 is 27.2. The van der Waals surface area contributed by atoms with Crippen molar-refractivity contribution in [2.75, 3.05) is 18.8 Å². The average Bonchev–Trinajstić information content (AvgIpc) is 3.23. The molecular weight excluding hydrogens is 460 g/mol. The number of carbonyl (C=O) groups is 1. The molecule has 33 heavy (non-hydrogen) atoms. The third-order valence-corrected chi connectivity index (χ3v) is 7.34. The van der Waals surface area contributed by atoms with Crippen LogP contribution in [0.15, 0.2) is 83.1 Å². The van der Waals surface area contributed by atoms with E-state index in [2.05, 4.69) is 14.7 Å². The number of amides is 1. The summed E-state index contributed by atoms with van der Waals surface area (Å²) in [6.45, 7) is 0.602. The lowest BCUT2D eigenvalue weighted by Gasteiger charge is -2.27. The van der Waals surface area contributed by atoms with Gasteiger partial charge in [0.2, 0.25) is 0 Å². The average molecular weight is 481 g/mol. The first-order valence-corrected chi connectivity index (χ1v) is 12.5. The van der Waals surface area contributed by atoms with Crippen LogP contribution >= 0.6 is 11.6 Å². The second kappa shape index (κ2) is 8.53. The fourth-order valence-electron chi connectivity index (χ4n) is 4.16. The maximum absolute atomic E-state index is 13.0. The normalized spacial score (nSPS) is 17.8. The van der Waals surface area contributed by atoms with E-state index in [4.69, 9.17) is 11.6 Å². The third kappa shape index (κ3) is 4.31. The standard InChI is InChI=1S/C24H21ClN4O3S/c25-21-7-3-1-5-17(21)19(20-13-26-22-8-4-2-6-18(20)22)14-27-24(30)16-9-10-23-28-33(31,32)12-11-29(23)15-16/h1-10,13,15,19,26H,11-12,14H2,(H,27,30). The van der Waals surface area contributed by atoms with E-state index >= 15 is 0 Å². The van der Waals surface area contributed by atoms with Gasteiger partial charge < -0.3 is 15.2 Å². The lowest BCUT2D eigenvalue weighted by molar-refractivity contribution is -0.117. The maximum Gasteiger partial charge on any atom is 0.256 e. The summed E-state index contributed by atoms with van der Waals surface area (Å²) in [5.41, 5.74) is 3.42. The predicted molar refractivity (Wildman–Crippen MR) is 130 cm³/mol. The SMILES string of the molecule is O=C(NCC(c1ccccc1Cl)c1c[nH]c2ccccc12)C1=CN2CCS(=O)(=O)N=C2C=C1. The fraction of sp³-hybridized carbons (Fsp3) is 0.167. The van der Waals surface area contributed by atoms with E-state index in [9.17, 15) is 13.2 Å². The molecule has 2 N–H and O–H groups in total. The molecule has 3 heterocycles. The van der Waals surface area contributed by atoms with Gasteiger partial charge >= 0.3 is 0 Å². The van der Waals surface area contributed by atoms with Crippen molar-refractivity contribution in [3.8, 4) is 0 Å². The van der Waals surface area contributed by atoms with Crippen LogP contribution in [0.25, 0.3) is 10.9 Å². The summed E-state index contributed by atoms with van der Waals surface area (Å²) in [4.78, 5) is 18.0. The number of hydrogen-bond acceptors (Lipinski definition) is 4. The number of nitrogens with one attached hydrogen (secondary N) is 2. The number of sulfonamides is 1. The van der Waals surface area contributed by atoms with Crippen LogP contribution in [0.4, 0.5) is 0 Å². The molecule has 0 saturated carbocycles. The van der Waals surface area contributed by atoms with Crippen LogP contribution in [-0.4, -0.2) is 48.9 Å². The molecule has 1 atom stereocenters. The summed E-state index contributed by atoms with van der Waals surface area (Å²) in [6, 6.07) is 15.6. The van der Waals surface area contributed by atoms with Crippen LogP contribution in [-0.2, 0) is 14.8 Å². The minimum atomic E-state index is -3.44. The van der Waals surface area contributed by atoms with Gasteiger partial charge in [0.05, 0.1) is 11.3 Å². The Morgan fingerprint density at radius 3 is 2.76 bits per heavy atom. The Labute approximate surface area is 196 Å². The molecule has 0 fully saturated rings. The molecule has 0 bridgehead atoms. The largest absolute Gasteiger partial charge is 0.361 e. The van der Waals surface area contributed by atoms with Gasteiger partial charge in [0.25, 0.3) is 15.9 Å². The highest BCUT2D eigenvalue weighted by atomic mass is 35.5. The molecule has 5 rings (SSSR count). The maximum atomic E-state index is 13.0. The van der Waals surface area contributed by atoms with Crippen molar-refractivity contribution in [1.29, 1.82) is 0 Å².